The van der Waals surface area contributed by atoms with Gasteiger partial charge < -0.3 is 10.4 Å². The smallest absolute Gasteiger partial charge is 0.227 e. The molecule has 0 aliphatic heterocycles. The van der Waals surface area contributed by atoms with E-state index >= 15 is 0 Å². The third-order valence-corrected chi connectivity index (χ3v) is 6.12. The van der Waals surface area contributed by atoms with Gasteiger partial charge in [0.25, 0.3) is 0 Å². The number of halogens is 1. The van der Waals surface area contributed by atoms with Crippen LogP contribution in [0.1, 0.15) is 82.9 Å². The van der Waals surface area contributed by atoms with Crippen molar-refractivity contribution in [2.45, 2.75) is 78.3 Å². The molecule has 30 heavy (non-hydrogen) atoms. The number of hydrogen-bond acceptors (Lipinski definition) is 3. The maximum Gasteiger partial charge on any atom is 0.227 e. The lowest BCUT2D eigenvalue weighted by molar-refractivity contribution is -0.124. The summed E-state index contributed by atoms with van der Waals surface area (Å²) in [6.07, 6.45) is 5.38. The number of alkyl halides is 1. The van der Waals surface area contributed by atoms with Crippen molar-refractivity contribution in [1.29, 1.82) is 5.26 Å². The van der Waals surface area contributed by atoms with Gasteiger partial charge in [-0.3, -0.25) is 4.79 Å². The molecule has 1 aliphatic carbocycles. The Morgan fingerprint density at radius 3 is 2.50 bits per heavy atom. The lowest BCUT2D eigenvalue weighted by Crippen LogP contribution is -2.39. The summed E-state index contributed by atoms with van der Waals surface area (Å²) in [6, 6.07) is 7.84. The van der Waals surface area contributed by atoms with E-state index in [1.54, 1.807) is 0 Å². The predicted octanol–water partition coefficient (Wildman–Crippen LogP) is 5.14. The zero-order chi connectivity index (χ0) is 22.9. The summed E-state index contributed by atoms with van der Waals surface area (Å²) in [6.45, 7) is 9.71. The molecule has 0 spiro atoms. The highest BCUT2D eigenvalue weighted by Crippen LogP contribution is 2.42. The van der Waals surface area contributed by atoms with Crippen molar-refractivity contribution in [3.8, 4) is 6.07 Å². The molecule has 4 nitrogen and oxygen atoms in total. The molecule has 2 rings (SSSR count). The second-order valence-corrected chi connectivity index (χ2v) is 9.16. The Balaban J connectivity index is 0.00000218. The lowest BCUT2D eigenvalue weighted by Gasteiger charge is -2.26. The fraction of sp³-hybridized carbons (Fsp3) is 0.680. The molecular formula is C25H39FN2O2. The number of hydrogen-bond donors (Lipinski definition) is 2. The number of fused-ring (bicyclic) bond motifs is 1. The number of nitrogens with one attached hydrogen (secondary N) is 1. The first kappa shape index (κ1) is 26.1. The standard InChI is InChI=1S/C24H35FN2O.CH4O/c1-6-17(7-2)10-16(3)11-20-13-19-9-8-18(14-26)12-21(19)22(20)23(28)27-15-24(4,5)25;1-2/h8-9,12,16-17,20,22H,6-7,10-11,13,15H2,1-5H3,(H,27,28);2H,1H3. The van der Waals surface area contributed by atoms with Crippen molar-refractivity contribution in [1.82, 2.24) is 5.32 Å². The minimum absolute atomic E-state index is 0.00558. The number of aliphatic hydroxyl groups excluding tert-OH is 1. The van der Waals surface area contributed by atoms with Crippen LogP contribution < -0.4 is 5.32 Å². The number of nitriles is 1. The molecule has 1 aromatic carbocycles. The molecule has 5 heteroatoms. The molecule has 1 aromatic rings. The van der Waals surface area contributed by atoms with E-state index in [1.165, 1.54) is 33.1 Å². The largest absolute Gasteiger partial charge is 0.400 e. The van der Waals surface area contributed by atoms with Crippen LogP contribution in [-0.4, -0.2) is 30.3 Å². The molecule has 0 aromatic heterocycles. The van der Waals surface area contributed by atoms with Gasteiger partial charge in [0.1, 0.15) is 5.67 Å². The molecule has 0 saturated heterocycles. The lowest BCUT2D eigenvalue weighted by atomic mass is 9.81. The number of amides is 1. The summed E-state index contributed by atoms with van der Waals surface area (Å²) in [5.74, 6) is 1.06. The van der Waals surface area contributed by atoms with Gasteiger partial charge in [-0.25, -0.2) is 4.39 Å². The van der Waals surface area contributed by atoms with Crippen LogP contribution in [-0.2, 0) is 11.2 Å². The van der Waals surface area contributed by atoms with Gasteiger partial charge >= 0.3 is 0 Å². The number of rotatable bonds is 9. The molecule has 0 bridgehead atoms. The Bertz CT molecular complexity index is 717. The number of aliphatic hydroxyl groups is 1. The summed E-state index contributed by atoms with van der Waals surface area (Å²) in [4.78, 5) is 13.0. The zero-order valence-electron chi connectivity index (χ0n) is 19.5. The van der Waals surface area contributed by atoms with Crippen molar-refractivity contribution in [3.05, 3.63) is 34.9 Å². The number of carbonyl (C=O) groups excluding carboxylic acids is 1. The van der Waals surface area contributed by atoms with Gasteiger partial charge in [-0.15, -0.1) is 0 Å². The SMILES string of the molecule is CCC(CC)CC(C)CC1Cc2ccc(C#N)cc2C1C(=O)NCC(C)(C)F.CO. The number of carbonyl (C=O) groups is 1. The van der Waals surface area contributed by atoms with E-state index in [2.05, 4.69) is 32.2 Å². The van der Waals surface area contributed by atoms with E-state index in [0.717, 1.165) is 37.0 Å². The van der Waals surface area contributed by atoms with Crippen molar-refractivity contribution >= 4 is 5.91 Å². The van der Waals surface area contributed by atoms with Crippen molar-refractivity contribution < 1.29 is 14.3 Å². The highest BCUT2D eigenvalue weighted by Gasteiger charge is 2.38. The Morgan fingerprint density at radius 2 is 1.97 bits per heavy atom. The maximum atomic E-state index is 13.9. The number of nitrogens with zero attached hydrogens (tertiary/aromatic N) is 1. The molecule has 3 unspecified atom stereocenters. The quantitative estimate of drug-likeness (QED) is 0.583. The van der Waals surface area contributed by atoms with Crippen molar-refractivity contribution in [3.63, 3.8) is 0 Å². The van der Waals surface area contributed by atoms with Crippen LogP contribution in [0.5, 0.6) is 0 Å². The van der Waals surface area contributed by atoms with E-state index in [9.17, 15) is 14.4 Å². The Morgan fingerprint density at radius 1 is 1.33 bits per heavy atom. The van der Waals surface area contributed by atoms with Crippen LogP contribution >= 0.6 is 0 Å². The van der Waals surface area contributed by atoms with Crippen LogP contribution in [0.15, 0.2) is 18.2 Å². The molecule has 3 atom stereocenters. The second kappa shape index (κ2) is 12.1. The molecule has 1 aliphatic rings. The molecule has 0 radical (unpaired) electrons. The number of benzene rings is 1. The Hall–Kier alpha value is -1.93. The topological polar surface area (TPSA) is 73.1 Å². The molecule has 0 saturated carbocycles. The van der Waals surface area contributed by atoms with Gasteiger partial charge in [0, 0.05) is 7.11 Å². The minimum Gasteiger partial charge on any atom is -0.400 e. The van der Waals surface area contributed by atoms with Crippen LogP contribution in [0, 0.1) is 29.1 Å². The van der Waals surface area contributed by atoms with E-state index in [0.29, 0.717) is 11.5 Å². The van der Waals surface area contributed by atoms with Gasteiger partial charge in [0.2, 0.25) is 5.91 Å². The molecule has 1 amide bonds. The van der Waals surface area contributed by atoms with E-state index < -0.39 is 5.67 Å². The summed E-state index contributed by atoms with van der Waals surface area (Å²) < 4.78 is 13.9. The molecule has 0 fully saturated rings. The third-order valence-electron chi connectivity index (χ3n) is 6.12. The summed E-state index contributed by atoms with van der Waals surface area (Å²) in [5, 5.41) is 19.1. The van der Waals surface area contributed by atoms with Crippen LogP contribution in [0.2, 0.25) is 0 Å². The minimum atomic E-state index is -1.44. The van der Waals surface area contributed by atoms with Gasteiger partial charge in [-0.1, -0.05) is 39.7 Å². The predicted molar refractivity (Wildman–Crippen MR) is 120 cm³/mol. The third kappa shape index (κ3) is 7.40. The second-order valence-electron chi connectivity index (χ2n) is 9.16. The average molecular weight is 419 g/mol. The van der Waals surface area contributed by atoms with E-state index in [-0.39, 0.29) is 24.3 Å². The average Bonchev–Trinajstić information content (AvgIpc) is 3.07. The van der Waals surface area contributed by atoms with Crippen LogP contribution in [0.3, 0.4) is 0 Å². The van der Waals surface area contributed by atoms with Gasteiger partial charge in [0.15, 0.2) is 0 Å². The van der Waals surface area contributed by atoms with Gasteiger partial charge in [-0.05, 0) is 74.1 Å². The summed E-state index contributed by atoms with van der Waals surface area (Å²) >= 11 is 0. The fourth-order valence-electron chi connectivity index (χ4n) is 4.58. The van der Waals surface area contributed by atoms with Gasteiger partial charge in [0.05, 0.1) is 24.1 Å². The van der Waals surface area contributed by atoms with E-state index in [4.69, 9.17) is 5.11 Å². The van der Waals surface area contributed by atoms with Crippen LogP contribution in [0.25, 0.3) is 0 Å². The maximum absolute atomic E-state index is 13.9. The molecule has 2 N–H and O–H groups in total. The Kier molecular flexibility index (Phi) is 10.5. The van der Waals surface area contributed by atoms with Gasteiger partial charge in [-0.2, -0.15) is 5.26 Å². The first-order valence-corrected chi connectivity index (χ1v) is 11.1. The van der Waals surface area contributed by atoms with E-state index in [1.807, 2.05) is 18.2 Å². The molecule has 0 heterocycles. The summed E-state index contributed by atoms with van der Waals surface area (Å²) in [5.41, 5.74) is 1.24. The van der Waals surface area contributed by atoms with Crippen molar-refractivity contribution in [2.75, 3.05) is 13.7 Å². The van der Waals surface area contributed by atoms with Crippen LogP contribution in [0.4, 0.5) is 4.39 Å². The summed E-state index contributed by atoms with van der Waals surface area (Å²) in [7, 11) is 1.00. The first-order chi connectivity index (χ1) is 14.2. The highest BCUT2D eigenvalue weighted by atomic mass is 19.1. The fourth-order valence-corrected chi connectivity index (χ4v) is 4.58. The molecular weight excluding hydrogens is 379 g/mol. The van der Waals surface area contributed by atoms with Crippen molar-refractivity contribution in [2.24, 2.45) is 17.8 Å². The highest BCUT2D eigenvalue weighted by molar-refractivity contribution is 5.85. The Labute approximate surface area is 181 Å². The first-order valence-electron chi connectivity index (χ1n) is 11.1. The normalized spacial score (nSPS) is 18.8. The monoisotopic (exact) mass is 418 g/mol. The molecule has 168 valence electrons. The zero-order valence-corrected chi connectivity index (χ0v) is 19.5.